The van der Waals surface area contributed by atoms with Gasteiger partial charge in [0.05, 0.1) is 6.10 Å². The Morgan fingerprint density at radius 1 is 0.889 bits per heavy atom. The number of aliphatic hydroxyl groups excluding tert-OH is 1. The Morgan fingerprint density at radius 2 is 1.59 bits per heavy atom. The van der Waals surface area contributed by atoms with Crippen molar-refractivity contribution >= 4 is 28.3 Å². The van der Waals surface area contributed by atoms with E-state index in [4.69, 9.17) is 0 Å². The van der Waals surface area contributed by atoms with Crippen LogP contribution < -0.4 is 4.90 Å². The molecule has 4 rings (SSSR count). The number of likely N-dealkylation sites (tertiary alicyclic amines) is 1. The largest absolute Gasteiger partial charge is 0.391 e. The van der Waals surface area contributed by atoms with Gasteiger partial charge in [0.15, 0.2) is 0 Å². The summed E-state index contributed by atoms with van der Waals surface area (Å²) in [5.41, 5.74) is 2.70. The highest BCUT2D eigenvalue weighted by atomic mass is 127. The molecule has 2 aliphatic rings. The highest BCUT2D eigenvalue weighted by molar-refractivity contribution is 14.1. The van der Waals surface area contributed by atoms with E-state index in [2.05, 4.69) is 91.9 Å². The monoisotopic (exact) mass is 477 g/mol. The van der Waals surface area contributed by atoms with Crippen molar-refractivity contribution in [2.24, 2.45) is 0 Å². The summed E-state index contributed by atoms with van der Waals surface area (Å²) in [4.78, 5) is 7.47. The molecule has 2 aromatic carbocycles. The molecule has 5 heteroatoms. The Hall–Kier alpha value is -1.15. The Bertz CT molecular complexity index is 733. The zero-order valence-corrected chi connectivity index (χ0v) is 17.8. The first-order valence-electron chi connectivity index (χ1n) is 9.88. The maximum Gasteiger partial charge on any atom is 0.0720 e. The smallest absolute Gasteiger partial charge is 0.0720 e. The number of benzene rings is 2. The summed E-state index contributed by atoms with van der Waals surface area (Å²) < 4.78 is 1.33. The zero-order valence-electron chi connectivity index (χ0n) is 15.7. The van der Waals surface area contributed by atoms with E-state index >= 15 is 0 Å². The fraction of sp³-hybridized carbons (Fsp3) is 0.455. The van der Waals surface area contributed by atoms with Gasteiger partial charge in [-0.1, -0.05) is 36.4 Å². The fourth-order valence-corrected chi connectivity index (χ4v) is 4.86. The predicted molar refractivity (Wildman–Crippen MR) is 119 cm³/mol. The molecular weight excluding hydrogens is 449 g/mol. The second-order valence-corrected chi connectivity index (χ2v) is 8.77. The van der Waals surface area contributed by atoms with Crippen LogP contribution in [-0.4, -0.2) is 66.3 Å². The van der Waals surface area contributed by atoms with Gasteiger partial charge in [0.25, 0.3) is 0 Å². The third-order valence-corrected chi connectivity index (χ3v) is 6.94. The van der Waals surface area contributed by atoms with Gasteiger partial charge >= 0.3 is 0 Å². The minimum absolute atomic E-state index is 0.209. The Kier molecular flexibility index (Phi) is 6.32. The number of para-hydroxylation sites is 1. The van der Waals surface area contributed by atoms with Crippen molar-refractivity contribution in [2.45, 2.75) is 25.1 Å². The van der Waals surface area contributed by atoms with Crippen LogP contribution in [0.3, 0.4) is 0 Å². The number of piperazine rings is 1. The average molecular weight is 477 g/mol. The number of anilines is 1. The highest BCUT2D eigenvalue weighted by Crippen LogP contribution is 2.23. The van der Waals surface area contributed by atoms with Crippen LogP contribution in [0.2, 0.25) is 0 Å². The lowest BCUT2D eigenvalue weighted by Crippen LogP contribution is -2.59. The molecule has 2 fully saturated rings. The molecule has 2 aliphatic heterocycles. The molecule has 0 amide bonds. The summed E-state index contributed by atoms with van der Waals surface area (Å²) >= 11 is 2.42. The van der Waals surface area contributed by atoms with Crippen LogP contribution in [0.15, 0.2) is 54.6 Å². The van der Waals surface area contributed by atoms with Gasteiger partial charge in [0.2, 0.25) is 0 Å². The van der Waals surface area contributed by atoms with Gasteiger partial charge in [-0.25, -0.2) is 0 Å². The Labute approximate surface area is 175 Å². The van der Waals surface area contributed by atoms with E-state index in [9.17, 15) is 5.11 Å². The van der Waals surface area contributed by atoms with E-state index in [0.29, 0.717) is 0 Å². The fourth-order valence-electron chi connectivity index (χ4n) is 4.31. The predicted octanol–water partition coefficient (Wildman–Crippen LogP) is 3.05. The number of rotatable bonds is 4. The molecule has 4 nitrogen and oxygen atoms in total. The van der Waals surface area contributed by atoms with Crippen LogP contribution in [-0.2, 0) is 6.54 Å². The van der Waals surface area contributed by atoms with Gasteiger partial charge in [0.1, 0.15) is 0 Å². The molecule has 0 bridgehead atoms. The van der Waals surface area contributed by atoms with Crippen molar-refractivity contribution in [3.05, 3.63) is 63.7 Å². The van der Waals surface area contributed by atoms with E-state index < -0.39 is 0 Å². The molecular formula is C22H28IN3O. The van der Waals surface area contributed by atoms with Gasteiger partial charge in [0, 0.05) is 61.1 Å². The number of hydrogen-bond acceptors (Lipinski definition) is 4. The number of halogens is 1. The number of aliphatic hydroxyl groups is 1. The molecule has 0 aromatic heterocycles. The second kappa shape index (κ2) is 8.90. The standard InChI is InChI=1S/C22H28IN3O/c23-20-9-5-4-6-18(20)16-24-11-10-22(27)21(17-24)26-14-12-25(13-15-26)19-7-2-1-3-8-19/h1-9,21-22,27H,10-17H2/t21-,22-/m0/s1. The summed E-state index contributed by atoms with van der Waals surface area (Å²) in [5, 5.41) is 10.7. The topological polar surface area (TPSA) is 30.0 Å². The van der Waals surface area contributed by atoms with Crippen LogP contribution in [0, 0.1) is 3.57 Å². The van der Waals surface area contributed by atoms with Crippen molar-refractivity contribution in [2.75, 3.05) is 44.2 Å². The van der Waals surface area contributed by atoms with Crippen molar-refractivity contribution in [1.82, 2.24) is 9.80 Å². The summed E-state index contributed by atoms with van der Waals surface area (Å²) in [6.07, 6.45) is 0.659. The first-order chi connectivity index (χ1) is 13.2. The molecule has 2 aromatic rings. The van der Waals surface area contributed by atoms with E-state index in [-0.39, 0.29) is 12.1 Å². The molecule has 0 saturated carbocycles. The third kappa shape index (κ3) is 4.65. The lowest BCUT2D eigenvalue weighted by molar-refractivity contribution is -0.0158. The second-order valence-electron chi connectivity index (χ2n) is 7.61. The molecule has 2 heterocycles. The van der Waals surface area contributed by atoms with Crippen molar-refractivity contribution in [3.8, 4) is 0 Å². The summed E-state index contributed by atoms with van der Waals surface area (Å²) in [5.74, 6) is 0. The van der Waals surface area contributed by atoms with E-state index in [0.717, 1.165) is 52.2 Å². The number of piperidine rings is 1. The summed E-state index contributed by atoms with van der Waals surface area (Å²) in [6, 6.07) is 19.5. The molecule has 0 spiro atoms. The lowest BCUT2D eigenvalue weighted by atomic mass is 9.99. The van der Waals surface area contributed by atoms with Crippen LogP contribution in [0.25, 0.3) is 0 Å². The van der Waals surface area contributed by atoms with Crippen molar-refractivity contribution < 1.29 is 5.11 Å². The van der Waals surface area contributed by atoms with E-state index in [1.807, 2.05) is 0 Å². The average Bonchev–Trinajstić information content (AvgIpc) is 2.72. The Balaban J connectivity index is 1.36. The molecule has 0 aliphatic carbocycles. The Morgan fingerprint density at radius 3 is 2.33 bits per heavy atom. The SMILES string of the molecule is O[C@H]1CCN(Cc2ccccc2I)C[C@@H]1N1CCN(c2ccccc2)CC1. The summed E-state index contributed by atoms with van der Waals surface area (Å²) in [6.45, 7) is 7.02. The molecule has 2 atom stereocenters. The van der Waals surface area contributed by atoms with E-state index in [1.54, 1.807) is 0 Å². The lowest BCUT2D eigenvalue weighted by Gasteiger charge is -2.46. The van der Waals surface area contributed by atoms with Gasteiger partial charge in [-0.2, -0.15) is 0 Å². The van der Waals surface area contributed by atoms with Crippen LogP contribution in [0.4, 0.5) is 5.69 Å². The first-order valence-corrected chi connectivity index (χ1v) is 11.0. The summed E-state index contributed by atoms with van der Waals surface area (Å²) in [7, 11) is 0. The molecule has 1 N–H and O–H groups in total. The minimum Gasteiger partial charge on any atom is -0.391 e. The molecule has 0 radical (unpaired) electrons. The van der Waals surface area contributed by atoms with Crippen LogP contribution in [0.5, 0.6) is 0 Å². The normalized spacial score (nSPS) is 24.9. The molecule has 144 valence electrons. The molecule has 0 unspecified atom stereocenters. The zero-order chi connectivity index (χ0) is 18.6. The van der Waals surface area contributed by atoms with Gasteiger partial charge in [-0.3, -0.25) is 9.80 Å². The van der Waals surface area contributed by atoms with Crippen LogP contribution >= 0.6 is 22.6 Å². The molecule has 27 heavy (non-hydrogen) atoms. The van der Waals surface area contributed by atoms with Gasteiger partial charge in [-0.05, 0) is 52.8 Å². The number of nitrogens with zero attached hydrogens (tertiary/aromatic N) is 3. The number of hydrogen-bond donors (Lipinski definition) is 1. The maximum atomic E-state index is 10.7. The molecule has 2 saturated heterocycles. The van der Waals surface area contributed by atoms with Crippen molar-refractivity contribution in [3.63, 3.8) is 0 Å². The minimum atomic E-state index is -0.209. The highest BCUT2D eigenvalue weighted by Gasteiger charge is 2.34. The first kappa shape index (κ1) is 19.2. The van der Waals surface area contributed by atoms with Gasteiger partial charge in [-0.15, -0.1) is 0 Å². The van der Waals surface area contributed by atoms with Gasteiger partial charge < -0.3 is 10.0 Å². The third-order valence-electron chi connectivity index (χ3n) is 5.89. The quantitative estimate of drug-likeness (QED) is 0.686. The van der Waals surface area contributed by atoms with Crippen molar-refractivity contribution in [1.29, 1.82) is 0 Å². The van der Waals surface area contributed by atoms with E-state index in [1.165, 1.54) is 14.8 Å². The maximum absolute atomic E-state index is 10.7. The van der Waals surface area contributed by atoms with Crippen LogP contribution in [0.1, 0.15) is 12.0 Å².